The van der Waals surface area contributed by atoms with Gasteiger partial charge in [0.2, 0.25) is 5.82 Å². The van der Waals surface area contributed by atoms with E-state index in [-0.39, 0.29) is 11.7 Å². The predicted octanol–water partition coefficient (Wildman–Crippen LogP) is 4.42. The fraction of sp³-hybridized carbons (Fsp3) is 0.136. The van der Waals surface area contributed by atoms with Crippen LogP contribution in [0.3, 0.4) is 0 Å². The molecule has 2 unspecified atom stereocenters. The Morgan fingerprint density at radius 1 is 1.03 bits per heavy atom. The van der Waals surface area contributed by atoms with Crippen molar-refractivity contribution in [2.75, 3.05) is 0 Å². The average molecular weight is 470 g/mol. The SMILES string of the molecule is CC(C(=O)O)n1nnc(C2=CC(c3ccc(Cl)cc3)N(C(=O)c3ccc(Cl)cc3)C=C2)n1. The minimum Gasteiger partial charge on any atom is -0.480 e. The third kappa shape index (κ3) is 4.42. The highest BCUT2D eigenvalue weighted by atomic mass is 35.5. The third-order valence-corrected chi connectivity index (χ3v) is 5.48. The topological polar surface area (TPSA) is 101 Å². The van der Waals surface area contributed by atoms with E-state index in [4.69, 9.17) is 28.3 Å². The van der Waals surface area contributed by atoms with Crippen LogP contribution in [0.5, 0.6) is 0 Å². The molecule has 1 aromatic heterocycles. The second-order valence-electron chi connectivity index (χ2n) is 7.10. The quantitative estimate of drug-likeness (QED) is 0.593. The van der Waals surface area contributed by atoms with E-state index in [1.54, 1.807) is 53.6 Å². The first-order valence-electron chi connectivity index (χ1n) is 9.60. The lowest BCUT2D eigenvalue weighted by molar-refractivity contribution is -0.141. The van der Waals surface area contributed by atoms with E-state index in [1.807, 2.05) is 18.2 Å². The molecule has 8 nitrogen and oxygen atoms in total. The summed E-state index contributed by atoms with van der Waals surface area (Å²) in [5.74, 6) is -1.03. The summed E-state index contributed by atoms with van der Waals surface area (Å²) in [5, 5.41) is 22.3. The number of nitrogens with zero attached hydrogens (tertiary/aromatic N) is 5. The standard InChI is InChI=1S/C22H17Cl2N5O3/c1-13(22(31)32)29-26-20(25-27-29)16-10-11-28(21(30)15-4-8-18(24)9-5-15)19(12-16)14-2-6-17(23)7-3-14/h2-13,19H,1H3,(H,31,32). The Labute approximate surface area is 193 Å². The smallest absolute Gasteiger partial charge is 0.330 e. The van der Waals surface area contributed by atoms with Crippen LogP contribution in [0.2, 0.25) is 10.0 Å². The highest BCUT2D eigenvalue weighted by Gasteiger charge is 2.28. The van der Waals surface area contributed by atoms with Gasteiger partial charge in [0.05, 0.1) is 6.04 Å². The van der Waals surface area contributed by atoms with Crippen LogP contribution >= 0.6 is 23.2 Å². The number of aromatic nitrogens is 4. The van der Waals surface area contributed by atoms with Crippen molar-refractivity contribution in [3.63, 3.8) is 0 Å². The molecule has 32 heavy (non-hydrogen) atoms. The second kappa shape index (κ2) is 8.94. The maximum absolute atomic E-state index is 13.2. The molecule has 162 valence electrons. The number of hydrogen-bond acceptors (Lipinski definition) is 5. The van der Waals surface area contributed by atoms with Crippen LogP contribution in [0.4, 0.5) is 0 Å². The summed E-state index contributed by atoms with van der Waals surface area (Å²) >= 11 is 12.0. The summed E-state index contributed by atoms with van der Waals surface area (Å²) in [7, 11) is 0. The molecule has 0 fully saturated rings. The van der Waals surface area contributed by atoms with Crippen molar-refractivity contribution in [3.8, 4) is 0 Å². The van der Waals surface area contributed by atoms with Crippen LogP contribution in [0, 0.1) is 0 Å². The van der Waals surface area contributed by atoms with E-state index in [1.165, 1.54) is 6.92 Å². The van der Waals surface area contributed by atoms with Crippen molar-refractivity contribution in [1.82, 2.24) is 25.1 Å². The Kier molecular flexibility index (Phi) is 6.07. The second-order valence-corrected chi connectivity index (χ2v) is 7.97. The van der Waals surface area contributed by atoms with Gasteiger partial charge in [0, 0.05) is 27.4 Å². The van der Waals surface area contributed by atoms with Gasteiger partial charge in [-0.3, -0.25) is 4.79 Å². The first-order valence-corrected chi connectivity index (χ1v) is 10.4. The number of carbonyl (C=O) groups excluding carboxylic acids is 1. The van der Waals surface area contributed by atoms with Gasteiger partial charge in [0.15, 0.2) is 6.04 Å². The van der Waals surface area contributed by atoms with Gasteiger partial charge >= 0.3 is 5.97 Å². The molecule has 2 atom stereocenters. The summed E-state index contributed by atoms with van der Waals surface area (Å²) < 4.78 is 0. The number of rotatable bonds is 5. The predicted molar refractivity (Wildman–Crippen MR) is 119 cm³/mol. The molecule has 0 bridgehead atoms. The van der Waals surface area contributed by atoms with Gasteiger partial charge in [0.25, 0.3) is 5.91 Å². The largest absolute Gasteiger partial charge is 0.480 e. The Hall–Kier alpha value is -3.49. The Morgan fingerprint density at radius 2 is 1.66 bits per heavy atom. The molecule has 0 spiro atoms. The van der Waals surface area contributed by atoms with Crippen LogP contribution in [-0.4, -0.2) is 42.1 Å². The monoisotopic (exact) mass is 469 g/mol. The molecule has 1 N–H and O–H groups in total. The minimum atomic E-state index is -1.07. The number of hydrogen-bond donors (Lipinski definition) is 1. The first kappa shape index (κ1) is 21.7. The van der Waals surface area contributed by atoms with Gasteiger partial charge in [-0.2, -0.15) is 0 Å². The molecule has 4 rings (SSSR count). The maximum atomic E-state index is 13.2. The van der Waals surface area contributed by atoms with Crippen LogP contribution in [0.25, 0.3) is 5.57 Å². The van der Waals surface area contributed by atoms with Gasteiger partial charge in [0.1, 0.15) is 0 Å². The number of benzene rings is 2. The number of amides is 1. The van der Waals surface area contributed by atoms with Gasteiger partial charge in [-0.1, -0.05) is 35.3 Å². The van der Waals surface area contributed by atoms with E-state index in [9.17, 15) is 9.59 Å². The van der Waals surface area contributed by atoms with Crippen LogP contribution in [-0.2, 0) is 4.79 Å². The number of tetrazole rings is 1. The van der Waals surface area contributed by atoms with Crippen LogP contribution in [0.15, 0.2) is 66.9 Å². The van der Waals surface area contributed by atoms with Crippen molar-refractivity contribution in [2.45, 2.75) is 19.0 Å². The summed E-state index contributed by atoms with van der Waals surface area (Å²) in [6.07, 6.45) is 5.16. The summed E-state index contributed by atoms with van der Waals surface area (Å²) in [5.41, 5.74) is 1.91. The van der Waals surface area contributed by atoms with Crippen molar-refractivity contribution >= 4 is 40.7 Å². The van der Waals surface area contributed by atoms with Crippen molar-refractivity contribution < 1.29 is 14.7 Å². The molecule has 1 aliphatic heterocycles. The van der Waals surface area contributed by atoms with Crippen molar-refractivity contribution in [1.29, 1.82) is 0 Å². The van der Waals surface area contributed by atoms with Crippen LogP contribution in [0.1, 0.15) is 40.8 Å². The molecule has 0 aliphatic carbocycles. The lowest BCUT2D eigenvalue weighted by Crippen LogP contribution is -2.31. The van der Waals surface area contributed by atoms with Crippen LogP contribution < -0.4 is 0 Å². The zero-order chi connectivity index (χ0) is 22.8. The Morgan fingerprint density at radius 3 is 2.28 bits per heavy atom. The molecular weight excluding hydrogens is 453 g/mol. The van der Waals surface area contributed by atoms with Gasteiger partial charge in [-0.05, 0) is 66.3 Å². The molecule has 2 aromatic carbocycles. The summed E-state index contributed by atoms with van der Waals surface area (Å²) in [6.45, 7) is 1.46. The average Bonchev–Trinajstić information content (AvgIpc) is 3.29. The number of carboxylic acids is 1. The molecule has 0 saturated carbocycles. The normalized spacial score (nSPS) is 16.5. The lowest BCUT2D eigenvalue weighted by Gasteiger charge is -2.30. The number of carbonyl (C=O) groups is 2. The number of halogens is 2. The van der Waals surface area contributed by atoms with Gasteiger partial charge < -0.3 is 10.0 Å². The van der Waals surface area contributed by atoms with Crippen molar-refractivity contribution in [2.24, 2.45) is 0 Å². The molecule has 10 heteroatoms. The van der Waals surface area contributed by atoms with E-state index in [0.29, 0.717) is 21.2 Å². The highest BCUT2D eigenvalue weighted by molar-refractivity contribution is 6.30. The minimum absolute atomic E-state index is 0.218. The molecule has 1 amide bonds. The number of allylic oxidation sites excluding steroid dienone is 2. The first-order chi connectivity index (χ1) is 15.3. The zero-order valence-electron chi connectivity index (χ0n) is 16.8. The van der Waals surface area contributed by atoms with E-state index < -0.39 is 18.1 Å². The zero-order valence-corrected chi connectivity index (χ0v) is 18.3. The number of carboxylic acid groups (broad SMARTS) is 1. The molecule has 2 heterocycles. The third-order valence-electron chi connectivity index (χ3n) is 4.98. The lowest BCUT2D eigenvalue weighted by atomic mass is 9.98. The molecule has 0 radical (unpaired) electrons. The Bertz CT molecular complexity index is 1220. The molecule has 3 aromatic rings. The van der Waals surface area contributed by atoms with E-state index in [0.717, 1.165) is 10.4 Å². The fourth-order valence-corrected chi connectivity index (χ4v) is 3.42. The van der Waals surface area contributed by atoms with Gasteiger partial charge in [-0.25, -0.2) is 4.79 Å². The highest BCUT2D eigenvalue weighted by Crippen LogP contribution is 2.33. The fourth-order valence-electron chi connectivity index (χ4n) is 3.16. The van der Waals surface area contributed by atoms with Gasteiger partial charge in [-0.15, -0.1) is 15.0 Å². The maximum Gasteiger partial charge on any atom is 0.330 e. The van der Waals surface area contributed by atoms with E-state index >= 15 is 0 Å². The Balaban J connectivity index is 1.71. The summed E-state index contributed by atoms with van der Waals surface area (Å²) in [4.78, 5) is 27.1. The van der Waals surface area contributed by atoms with E-state index in [2.05, 4.69) is 15.4 Å². The van der Waals surface area contributed by atoms with Crippen molar-refractivity contribution in [3.05, 3.63) is 93.9 Å². The summed E-state index contributed by atoms with van der Waals surface area (Å²) in [6, 6.07) is 12.4. The molecular formula is C22H17Cl2N5O3. The number of aliphatic carboxylic acids is 1. The molecule has 1 aliphatic rings. The molecule has 0 saturated heterocycles.